The molecule has 10 heteroatoms. The maximum atomic E-state index is 13.7. The third-order valence-corrected chi connectivity index (χ3v) is 8.91. The molecule has 0 unspecified atom stereocenters. The molecule has 158 valence electrons. The van der Waals surface area contributed by atoms with Gasteiger partial charge in [0.25, 0.3) is 15.9 Å². The predicted molar refractivity (Wildman–Crippen MR) is 117 cm³/mol. The summed E-state index contributed by atoms with van der Waals surface area (Å²) in [4.78, 5) is 19.6. The first-order valence-corrected chi connectivity index (χ1v) is 12.6. The van der Waals surface area contributed by atoms with Crippen molar-refractivity contribution in [2.45, 2.75) is 30.9 Å². The molecule has 0 atom stereocenters. The van der Waals surface area contributed by atoms with Crippen LogP contribution in [0.2, 0.25) is 0 Å². The molecule has 0 saturated carbocycles. The Morgan fingerprint density at radius 3 is 2.63 bits per heavy atom. The van der Waals surface area contributed by atoms with Gasteiger partial charge >= 0.3 is 0 Å². The molecule has 1 fully saturated rings. The molecule has 0 radical (unpaired) electrons. The molecule has 30 heavy (non-hydrogen) atoms. The summed E-state index contributed by atoms with van der Waals surface area (Å²) in [5.41, 5.74) is 1.89. The molecule has 3 aromatic rings. The number of carbonyl (C=O) groups is 1. The second-order valence-electron chi connectivity index (χ2n) is 7.16. The zero-order chi connectivity index (χ0) is 21.5. The molecule has 1 aliphatic rings. The summed E-state index contributed by atoms with van der Waals surface area (Å²) in [6.07, 6.45) is 2.03. The van der Waals surface area contributed by atoms with Gasteiger partial charge in [-0.05, 0) is 50.5 Å². The number of hydrogen-bond donors (Lipinski definition) is 1. The summed E-state index contributed by atoms with van der Waals surface area (Å²) in [5.74, 6) is -0.490. The first kappa shape index (κ1) is 21.0. The summed E-state index contributed by atoms with van der Waals surface area (Å²) in [6, 6.07) is 5.72. The third kappa shape index (κ3) is 4.12. The number of thiophene rings is 1. The van der Waals surface area contributed by atoms with Gasteiger partial charge in [0.1, 0.15) is 19.9 Å². The summed E-state index contributed by atoms with van der Waals surface area (Å²) < 4.78 is 41.6. The van der Waals surface area contributed by atoms with Crippen molar-refractivity contribution in [3.63, 3.8) is 0 Å². The topological polar surface area (TPSA) is 79.4 Å². The van der Waals surface area contributed by atoms with E-state index in [-0.39, 0.29) is 15.8 Å². The number of aromatic nitrogens is 1. The first-order chi connectivity index (χ1) is 14.2. The number of amides is 1. The number of halogens is 1. The SMILES string of the molecule is Cc1ccc(NS(=O)(=O)c2cc(-c3nc(C)c(C(=O)N4CCCC4)s3)cs2)cc1F. The maximum Gasteiger partial charge on any atom is 0.271 e. The van der Waals surface area contributed by atoms with Crippen LogP contribution in [-0.4, -0.2) is 37.3 Å². The van der Waals surface area contributed by atoms with Crippen molar-refractivity contribution in [2.24, 2.45) is 0 Å². The van der Waals surface area contributed by atoms with E-state index in [1.165, 1.54) is 29.5 Å². The van der Waals surface area contributed by atoms with E-state index in [0.29, 0.717) is 26.7 Å². The van der Waals surface area contributed by atoms with Crippen molar-refractivity contribution in [1.82, 2.24) is 9.88 Å². The first-order valence-electron chi connectivity index (χ1n) is 9.39. The minimum atomic E-state index is -3.86. The average molecular weight is 466 g/mol. The number of anilines is 1. The van der Waals surface area contributed by atoms with E-state index in [2.05, 4.69) is 9.71 Å². The molecule has 1 saturated heterocycles. The number of nitrogens with zero attached hydrogens (tertiary/aromatic N) is 2. The molecule has 0 aliphatic carbocycles. The highest BCUT2D eigenvalue weighted by Crippen LogP contribution is 2.34. The summed E-state index contributed by atoms with van der Waals surface area (Å²) in [6.45, 7) is 4.92. The van der Waals surface area contributed by atoms with Gasteiger partial charge in [-0.3, -0.25) is 9.52 Å². The molecular weight excluding hydrogens is 445 g/mol. The molecule has 4 rings (SSSR count). The quantitative estimate of drug-likeness (QED) is 0.594. The fourth-order valence-electron chi connectivity index (χ4n) is 3.21. The van der Waals surface area contributed by atoms with Crippen molar-refractivity contribution < 1.29 is 17.6 Å². The van der Waals surface area contributed by atoms with Gasteiger partial charge in [0.15, 0.2) is 0 Å². The van der Waals surface area contributed by atoms with Crippen LogP contribution < -0.4 is 4.72 Å². The lowest BCUT2D eigenvalue weighted by Crippen LogP contribution is -2.27. The van der Waals surface area contributed by atoms with E-state index in [0.717, 1.165) is 43.3 Å². The van der Waals surface area contributed by atoms with Gasteiger partial charge in [0, 0.05) is 24.0 Å². The summed E-state index contributed by atoms with van der Waals surface area (Å²) in [7, 11) is -3.86. The Bertz CT molecular complexity index is 1210. The minimum absolute atomic E-state index is 0.0140. The highest BCUT2D eigenvalue weighted by Gasteiger charge is 2.25. The second-order valence-corrected chi connectivity index (χ2v) is 11.0. The van der Waals surface area contributed by atoms with Crippen molar-refractivity contribution in [2.75, 3.05) is 17.8 Å². The summed E-state index contributed by atoms with van der Waals surface area (Å²) >= 11 is 2.33. The molecule has 1 N–H and O–H groups in total. The lowest BCUT2D eigenvalue weighted by atomic mass is 10.2. The zero-order valence-corrected chi connectivity index (χ0v) is 18.9. The Kier molecular flexibility index (Phi) is 5.65. The molecule has 2 aromatic heterocycles. The number of thiazole rings is 1. The van der Waals surface area contributed by atoms with Crippen molar-refractivity contribution in [1.29, 1.82) is 0 Å². The van der Waals surface area contributed by atoms with Gasteiger partial charge in [-0.2, -0.15) is 0 Å². The zero-order valence-electron chi connectivity index (χ0n) is 16.4. The molecule has 6 nitrogen and oxygen atoms in total. The standard InChI is InChI=1S/C20H20FN3O3S3/c1-12-5-6-15(10-16(12)21)23-30(26,27)17-9-14(11-28-17)19-22-13(2)18(29-19)20(25)24-7-3-4-8-24/h5-6,9-11,23H,3-4,7-8H2,1-2H3. The normalized spacial score (nSPS) is 14.3. The van der Waals surface area contributed by atoms with Crippen molar-refractivity contribution >= 4 is 44.3 Å². The highest BCUT2D eigenvalue weighted by molar-refractivity contribution is 7.94. The van der Waals surface area contributed by atoms with Gasteiger partial charge in [0.2, 0.25) is 0 Å². The summed E-state index contributed by atoms with van der Waals surface area (Å²) in [5, 5.41) is 2.31. The van der Waals surface area contributed by atoms with Crippen LogP contribution in [0.3, 0.4) is 0 Å². The predicted octanol–water partition coefficient (Wildman–Crippen LogP) is 4.66. The van der Waals surface area contributed by atoms with Crippen LogP contribution in [0.25, 0.3) is 10.6 Å². The van der Waals surface area contributed by atoms with Crippen LogP contribution in [0, 0.1) is 19.7 Å². The molecular formula is C20H20FN3O3S3. The maximum absolute atomic E-state index is 13.7. The largest absolute Gasteiger partial charge is 0.338 e. The van der Waals surface area contributed by atoms with E-state index >= 15 is 0 Å². The monoisotopic (exact) mass is 465 g/mol. The van der Waals surface area contributed by atoms with E-state index in [4.69, 9.17) is 0 Å². The number of aryl methyl sites for hydroxylation is 2. The van der Waals surface area contributed by atoms with Gasteiger partial charge in [-0.25, -0.2) is 17.8 Å². The number of rotatable bonds is 5. The van der Waals surface area contributed by atoms with Gasteiger partial charge in [-0.15, -0.1) is 22.7 Å². The highest BCUT2D eigenvalue weighted by atomic mass is 32.2. The van der Waals surface area contributed by atoms with E-state index in [1.807, 2.05) is 4.90 Å². The van der Waals surface area contributed by atoms with Crippen LogP contribution in [0.4, 0.5) is 10.1 Å². The van der Waals surface area contributed by atoms with Gasteiger partial charge < -0.3 is 4.90 Å². The van der Waals surface area contributed by atoms with E-state index < -0.39 is 15.8 Å². The smallest absolute Gasteiger partial charge is 0.271 e. The Hall–Kier alpha value is -2.30. The molecule has 1 amide bonds. The number of likely N-dealkylation sites (tertiary alicyclic amines) is 1. The second kappa shape index (κ2) is 8.09. The Morgan fingerprint density at radius 2 is 1.93 bits per heavy atom. The number of nitrogens with one attached hydrogen (secondary N) is 1. The van der Waals surface area contributed by atoms with E-state index in [1.54, 1.807) is 19.2 Å². The lowest BCUT2D eigenvalue weighted by molar-refractivity contribution is 0.0796. The molecule has 3 heterocycles. The Balaban J connectivity index is 1.57. The molecule has 1 aromatic carbocycles. The van der Waals surface area contributed by atoms with Crippen LogP contribution in [-0.2, 0) is 10.0 Å². The molecule has 1 aliphatic heterocycles. The van der Waals surface area contributed by atoms with Crippen LogP contribution in [0.15, 0.2) is 33.9 Å². The number of hydrogen-bond acceptors (Lipinski definition) is 6. The van der Waals surface area contributed by atoms with Crippen molar-refractivity contribution in [3.05, 3.63) is 51.6 Å². The number of carbonyl (C=O) groups excluding carboxylic acids is 1. The van der Waals surface area contributed by atoms with Crippen LogP contribution in [0.1, 0.15) is 33.8 Å². The molecule has 0 spiro atoms. The fourth-order valence-corrected chi connectivity index (χ4v) is 6.52. The number of sulfonamides is 1. The van der Waals surface area contributed by atoms with Crippen molar-refractivity contribution in [3.8, 4) is 10.6 Å². The van der Waals surface area contributed by atoms with Gasteiger partial charge in [0.05, 0.1) is 11.4 Å². The third-order valence-electron chi connectivity index (χ3n) is 4.90. The Labute approximate surface area is 182 Å². The fraction of sp³-hybridized carbons (Fsp3) is 0.300. The average Bonchev–Trinajstić information content (AvgIpc) is 3.44. The van der Waals surface area contributed by atoms with Crippen LogP contribution >= 0.6 is 22.7 Å². The molecule has 0 bridgehead atoms. The lowest BCUT2D eigenvalue weighted by Gasteiger charge is -2.13. The minimum Gasteiger partial charge on any atom is -0.338 e. The Morgan fingerprint density at radius 1 is 1.20 bits per heavy atom. The number of benzene rings is 1. The van der Waals surface area contributed by atoms with Crippen LogP contribution in [0.5, 0.6) is 0 Å². The van der Waals surface area contributed by atoms with E-state index in [9.17, 15) is 17.6 Å². The van der Waals surface area contributed by atoms with Gasteiger partial charge in [-0.1, -0.05) is 6.07 Å².